The van der Waals surface area contributed by atoms with Crippen LogP contribution in [0.15, 0.2) is 24.3 Å². The predicted octanol–water partition coefficient (Wildman–Crippen LogP) is 2.09. The fourth-order valence-electron chi connectivity index (χ4n) is 1.23. The molecule has 0 heterocycles. The van der Waals surface area contributed by atoms with Gasteiger partial charge in [-0.2, -0.15) is 8.78 Å². The van der Waals surface area contributed by atoms with Gasteiger partial charge in [-0.25, -0.2) is 0 Å². The first-order chi connectivity index (χ1) is 7.13. The molecule has 1 atom stereocenters. The lowest BCUT2D eigenvalue weighted by Gasteiger charge is -2.12. The number of aliphatic hydroxyl groups is 1. The van der Waals surface area contributed by atoms with E-state index in [0.29, 0.717) is 12.0 Å². The van der Waals surface area contributed by atoms with E-state index < -0.39 is 6.61 Å². The van der Waals surface area contributed by atoms with Gasteiger partial charge in [0.2, 0.25) is 0 Å². The van der Waals surface area contributed by atoms with Crippen molar-refractivity contribution in [2.75, 3.05) is 6.61 Å². The maximum atomic E-state index is 11.9. The first-order valence-electron chi connectivity index (χ1n) is 4.54. The molecule has 0 fully saturated rings. The smallest absolute Gasteiger partial charge is 0.387 e. The molecular formula is C10H14ClF2NO2. The number of rotatable bonds is 5. The van der Waals surface area contributed by atoms with Gasteiger partial charge in [-0.15, -0.1) is 12.4 Å². The summed E-state index contributed by atoms with van der Waals surface area (Å²) in [4.78, 5) is 0. The van der Waals surface area contributed by atoms with Crippen LogP contribution >= 0.6 is 12.4 Å². The van der Waals surface area contributed by atoms with Crippen LogP contribution in [-0.2, 0) is 0 Å². The number of nitrogens with two attached hydrogens (primary N) is 1. The fraction of sp³-hybridized carbons (Fsp3) is 0.400. The lowest BCUT2D eigenvalue weighted by molar-refractivity contribution is -0.0499. The Morgan fingerprint density at radius 2 is 2.06 bits per heavy atom. The van der Waals surface area contributed by atoms with Gasteiger partial charge in [0, 0.05) is 12.6 Å². The number of aliphatic hydroxyl groups excluding tert-OH is 1. The Morgan fingerprint density at radius 1 is 1.38 bits per heavy atom. The number of benzene rings is 1. The number of ether oxygens (including phenoxy) is 1. The maximum absolute atomic E-state index is 11.9. The summed E-state index contributed by atoms with van der Waals surface area (Å²) in [5.41, 5.74) is 6.37. The third-order valence-corrected chi connectivity index (χ3v) is 1.95. The largest absolute Gasteiger partial charge is 0.435 e. The molecule has 0 bridgehead atoms. The quantitative estimate of drug-likeness (QED) is 0.845. The van der Waals surface area contributed by atoms with E-state index in [1.54, 1.807) is 12.1 Å². The van der Waals surface area contributed by atoms with E-state index >= 15 is 0 Å². The molecule has 0 saturated carbocycles. The Hall–Kier alpha value is -0.910. The molecule has 16 heavy (non-hydrogen) atoms. The average Bonchev–Trinajstić information content (AvgIpc) is 2.17. The summed E-state index contributed by atoms with van der Waals surface area (Å²) in [5, 5.41) is 8.68. The zero-order valence-electron chi connectivity index (χ0n) is 8.48. The van der Waals surface area contributed by atoms with E-state index in [1.807, 2.05) is 0 Å². The summed E-state index contributed by atoms with van der Waals surface area (Å²) < 4.78 is 28.0. The first kappa shape index (κ1) is 15.1. The van der Waals surface area contributed by atoms with Gasteiger partial charge in [0.25, 0.3) is 0 Å². The van der Waals surface area contributed by atoms with E-state index in [1.165, 1.54) is 12.1 Å². The minimum absolute atomic E-state index is 0. The molecule has 1 aromatic carbocycles. The highest BCUT2D eigenvalue weighted by Crippen LogP contribution is 2.20. The first-order valence-corrected chi connectivity index (χ1v) is 4.54. The van der Waals surface area contributed by atoms with Crippen LogP contribution in [0.1, 0.15) is 18.0 Å². The average molecular weight is 254 g/mol. The second-order valence-electron chi connectivity index (χ2n) is 3.07. The van der Waals surface area contributed by atoms with Gasteiger partial charge in [0.15, 0.2) is 0 Å². The molecule has 1 rings (SSSR count). The normalized spacial score (nSPS) is 12.1. The van der Waals surface area contributed by atoms with Crippen molar-refractivity contribution in [3.63, 3.8) is 0 Å². The van der Waals surface area contributed by atoms with Gasteiger partial charge in [0.05, 0.1) is 0 Å². The summed E-state index contributed by atoms with van der Waals surface area (Å²) in [6.45, 7) is -2.88. The molecular weight excluding hydrogens is 240 g/mol. The molecule has 92 valence electrons. The summed E-state index contributed by atoms with van der Waals surface area (Å²) in [5.74, 6) is 0.0795. The summed E-state index contributed by atoms with van der Waals surface area (Å²) in [7, 11) is 0. The third-order valence-electron chi connectivity index (χ3n) is 1.95. The molecule has 0 aliphatic rings. The molecule has 6 heteroatoms. The van der Waals surface area contributed by atoms with E-state index in [4.69, 9.17) is 10.8 Å². The Labute approximate surface area is 98.6 Å². The van der Waals surface area contributed by atoms with Gasteiger partial charge in [-0.1, -0.05) is 12.1 Å². The molecule has 0 aromatic heterocycles. The molecule has 0 amide bonds. The van der Waals surface area contributed by atoms with Crippen molar-refractivity contribution < 1.29 is 18.6 Å². The SMILES string of the molecule is Cl.N[C@H](CCO)c1cccc(OC(F)F)c1. The fourth-order valence-corrected chi connectivity index (χ4v) is 1.23. The summed E-state index contributed by atoms with van der Waals surface area (Å²) in [6.07, 6.45) is 0.387. The van der Waals surface area contributed by atoms with Crippen LogP contribution in [0.5, 0.6) is 5.75 Å². The highest BCUT2D eigenvalue weighted by molar-refractivity contribution is 5.85. The van der Waals surface area contributed by atoms with Crippen LogP contribution in [0.4, 0.5) is 8.78 Å². The predicted molar refractivity (Wildman–Crippen MR) is 59.0 cm³/mol. The van der Waals surface area contributed by atoms with Crippen molar-refractivity contribution >= 4 is 12.4 Å². The third kappa shape index (κ3) is 4.74. The van der Waals surface area contributed by atoms with E-state index in [0.717, 1.165) is 0 Å². The standard InChI is InChI=1S/C10H13F2NO2.ClH/c11-10(12)15-8-3-1-2-7(6-8)9(13)4-5-14;/h1-3,6,9-10,14H,4-5,13H2;1H/t9-;/m1./s1. The van der Waals surface area contributed by atoms with Crippen molar-refractivity contribution in [2.24, 2.45) is 5.73 Å². The van der Waals surface area contributed by atoms with Crippen LogP contribution in [0.3, 0.4) is 0 Å². The Balaban J connectivity index is 0.00000225. The van der Waals surface area contributed by atoms with Gasteiger partial charge in [-0.05, 0) is 24.1 Å². The lowest BCUT2D eigenvalue weighted by Crippen LogP contribution is -2.12. The molecule has 0 aliphatic heterocycles. The monoisotopic (exact) mass is 253 g/mol. The number of halogens is 3. The van der Waals surface area contributed by atoms with E-state index in [-0.39, 0.29) is 30.8 Å². The molecule has 0 unspecified atom stereocenters. The summed E-state index contributed by atoms with van der Waals surface area (Å²) >= 11 is 0. The number of hydrogen-bond donors (Lipinski definition) is 2. The topological polar surface area (TPSA) is 55.5 Å². The lowest BCUT2D eigenvalue weighted by atomic mass is 10.1. The van der Waals surface area contributed by atoms with Crippen molar-refractivity contribution in [2.45, 2.75) is 19.1 Å². The highest BCUT2D eigenvalue weighted by Gasteiger charge is 2.08. The van der Waals surface area contributed by atoms with Crippen molar-refractivity contribution in [1.82, 2.24) is 0 Å². The van der Waals surface area contributed by atoms with Crippen LogP contribution in [0.25, 0.3) is 0 Å². The van der Waals surface area contributed by atoms with E-state index in [9.17, 15) is 8.78 Å². The van der Waals surface area contributed by atoms with Crippen molar-refractivity contribution in [3.8, 4) is 5.75 Å². The zero-order chi connectivity index (χ0) is 11.3. The molecule has 0 aliphatic carbocycles. The van der Waals surface area contributed by atoms with Crippen LogP contribution in [-0.4, -0.2) is 18.3 Å². The second-order valence-corrected chi connectivity index (χ2v) is 3.07. The van der Waals surface area contributed by atoms with Crippen LogP contribution in [0, 0.1) is 0 Å². The van der Waals surface area contributed by atoms with Gasteiger partial charge < -0.3 is 15.6 Å². The second kappa shape index (κ2) is 7.38. The van der Waals surface area contributed by atoms with Gasteiger partial charge >= 0.3 is 6.61 Å². The molecule has 0 radical (unpaired) electrons. The van der Waals surface area contributed by atoms with Crippen LogP contribution in [0.2, 0.25) is 0 Å². The van der Waals surface area contributed by atoms with Crippen molar-refractivity contribution in [1.29, 1.82) is 0 Å². The zero-order valence-corrected chi connectivity index (χ0v) is 9.29. The van der Waals surface area contributed by atoms with Crippen molar-refractivity contribution in [3.05, 3.63) is 29.8 Å². The molecule has 3 nitrogen and oxygen atoms in total. The molecule has 1 aromatic rings. The number of alkyl halides is 2. The Bertz CT molecular complexity index is 313. The van der Waals surface area contributed by atoms with Gasteiger partial charge in [-0.3, -0.25) is 0 Å². The molecule has 3 N–H and O–H groups in total. The summed E-state index contributed by atoms with van der Waals surface area (Å²) in [6, 6.07) is 5.81. The number of hydrogen-bond acceptors (Lipinski definition) is 3. The Morgan fingerprint density at radius 3 is 2.62 bits per heavy atom. The highest BCUT2D eigenvalue weighted by atomic mass is 35.5. The van der Waals surface area contributed by atoms with Crippen LogP contribution < -0.4 is 10.5 Å². The van der Waals surface area contributed by atoms with E-state index in [2.05, 4.69) is 4.74 Å². The molecule has 0 saturated heterocycles. The van der Waals surface area contributed by atoms with Gasteiger partial charge in [0.1, 0.15) is 5.75 Å². The maximum Gasteiger partial charge on any atom is 0.387 e. The minimum Gasteiger partial charge on any atom is -0.435 e. The Kier molecular flexibility index (Phi) is 6.96. The molecule has 0 spiro atoms. The minimum atomic E-state index is -2.84.